The SMILES string of the molecule is Cc1ccc(C#N)cc1NCCc1ccnn1C. The standard InChI is InChI=1S/C14H16N4/c1-11-3-4-12(10-15)9-14(11)16-7-5-13-6-8-17-18(13)2/h3-4,6,8-9,16H,5,7H2,1-2H3. The van der Waals surface area contributed by atoms with Crippen molar-refractivity contribution in [3.63, 3.8) is 0 Å². The molecule has 0 unspecified atom stereocenters. The molecule has 4 heteroatoms. The van der Waals surface area contributed by atoms with Crippen molar-refractivity contribution in [1.29, 1.82) is 5.26 Å². The van der Waals surface area contributed by atoms with Crippen molar-refractivity contribution in [3.8, 4) is 6.07 Å². The summed E-state index contributed by atoms with van der Waals surface area (Å²) in [7, 11) is 1.94. The van der Waals surface area contributed by atoms with Crippen LogP contribution < -0.4 is 5.32 Å². The van der Waals surface area contributed by atoms with Gasteiger partial charge in [0.05, 0.1) is 11.6 Å². The molecule has 18 heavy (non-hydrogen) atoms. The van der Waals surface area contributed by atoms with Crippen LogP contribution in [0.15, 0.2) is 30.5 Å². The van der Waals surface area contributed by atoms with Crippen LogP contribution in [-0.2, 0) is 13.5 Å². The highest BCUT2D eigenvalue weighted by atomic mass is 15.3. The number of nitrogens with one attached hydrogen (secondary N) is 1. The second-order valence-corrected chi connectivity index (χ2v) is 4.26. The number of hydrogen-bond donors (Lipinski definition) is 1. The fraction of sp³-hybridized carbons (Fsp3) is 0.286. The van der Waals surface area contributed by atoms with Crippen molar-refractivity contribution in [2.45, 2.75) is 13.3 Å². The van der Waals surface area contributed by atoms with Gasteiger partial charge in [-0.2, -0.15) is 10.4 Å². The molecule has 0 aliphatic carbocycles. The molecule has 92 valence electrons. The number of aromatic nitrogens is 2. The zero-order chi connectivity index (χ0) is 13.0. The molecule has 0 saturated carbocycles. The van der Waals surface area contributed by atoms with Crippen LogP contribution in [0.25, 0.3) is 0 Å². The molecule has 0 aliphatic heterocycles. The summed E-state index contributed by atoms with van der Waals surface area (Å²) in [5.74, 6) is 0. The summed E-state index contributed by atoms with van der Waals surface area (Å²) in [5, 5.41) is 16.4. The minimum atomic E-state index is 0.684. The molecule has 0 fully saturated rings. The number of nitrogens with zero attached hydrogens (tertiary/aromatic N) is 3. The molecule has 1 heterocycles. The third-order valence-corrected chi connectivity index (χ3v) is 2.99. The molecule has 0 saturated heterocycles. The lowest BCUT2D eigenvalue weighted by Gasteiger charge is -2.09. The highest BCUT2D eigenvalue weighted by Gasteiger charge is 2.01. The molecule has 0 aliphatic rings. The van der Waals surface area contributed by atoms with Crippen LogP contribution in [0.3, 0.4) is 0 Å². The van der Waals surface area contributed by atoms with Gasteiger partial charge in [-0.3, -0.25) is 4.68 Å². The van der Waals surface area contributed by atoms with E-state index in [1.807, 2.05) is 42.9 Å². The smallest absolute Gasteiger partial charge is 0.0992 e. The molecule has 0 amide bonds. The normalized spacial score (nSPS) is 10.1. The second kappa shape index (κ2) is 5.37. The number of nitriles is 1. The highest BCUT2D eigenvalue weighted by Crippen LogP contribution is 2.16. The van der Waals surface area contributed by atoms with Crippen LogP contribution in [0.2, 0.25) is 0 Å². The van der Waals surface area contributed by atoms with E-state index in [4.69, 9.17) is 5.26 Å². The lowest BCUT2D eigenvalue weighted by molar-refractivity contribution is 0.711. The molecule has 1 N–H and O–H groups in total. The fourth-order valence-corrected chi connectivity index (χ4v) is 1.85. The van der Waals surface area contributed by atoms with E-state index in [0.29, 0.717) is 5.56 Å². The monoisotopic (exact) mass is 240 g/mol. The van der Waals surface area contributed by atoms with E-state index < -0.39 is 0 Å². The lowest BCUT2D eigenvalue weighted by atomic mass is 10.1. The van der Waals surface area contributed by atoms with Crippen LogP contribution >= 0.6 is 0 Å². The molecule has 0 bridgehead atoms. The number of benzene rings is 1. The van der Waals surface area contributed by atoms with Crippen LogP contribution in [0.4, 0.5) is 5.69 Å². The topological polar surface area (TPSA) is 53.6 Å². The molecule has 2 aromatic rings. The van der Waals surface area contributed by atoms with Gasteiger partial charge in [-0.15, -0.1) is 0 Å². The predicted molar refractivity (Wildman–Crippen MR) is 71.3 cm³/mol. The van der Waals surface area contributed by atoms with Gasteiger partial charge in [0.2, 0.25) is 0 Å². The Hall–Kier alpha value is -2.28. The summed E-state index contributed by atoms with van der Waals surface area (Å²) < 4.78 is 1.88. The summed E-state index contributed by atoms with van der Waals surface area (Å²) in [6.45, 7) is 2.86. The van der Waals surface area contributed by atoms with E-state index >= 15 is 0 Å². The first-order valence-corrected chi connectivity index (χ1v) is 5.92. The maximum Gasteiger partial charge on any atom is 0.0992 e. The number of aryl methyl sites for hydroxylation is 2. The Morgan fingerprint density at radius 3 is 2.89 bits per heavy atom. The van der Waals surface area contributed by atoms with E-state index in [2.05, 4.69) is 16.5 Å². The van der Waals surface area contributed by atoms with Gasteiger partial charge in [0.1, 0.15) is 0 Å². The molecule has 1 aromatic carbocycles. The zero-order valence-corrected chi connectivity index (χ0v) is 10.6. The van der Waals surface area contributed by atoms with Crippen molar-refractivity contribution in [3.05, 3.63) is 47.3 Å². The zero-order valence-electron chi connectivity index (χ0n) is 10.6. The van der Waals surface area contributed by atoms with E-state index in [-0.39, 0.29) is 0 Å². The number of rotatable bonds is 4. The molecule has 0 radical (unpaired) electrons. The van der Waals surface area contributed by atoms with Crippen molar-refractivity contribution in [2.24, 2.45) is 7.05 Å². The molecule has 0 atom stereocenters. The molecule has 1 aromatic heterocycles. The highest BCUT2D eigenvalue weighted by molar-refractivity contribution is 5.55. The average molecular weight is 240 g/mol. The molecular formula is C14H16N4. The van der Waals surface area contributed by atoms with Gasteiger partial charge < -0.3 is 5.32 Å². The largest absolute Gasteiger partial charge is 0.384 e. The first kappa shape index (κ1) is 12.2. The van der Waals surface area contributed by atoms with E-state index in [1.165, 1.54) is 5.69 Å². The third kappa shape index (κ3) is 2.69. The van der Waals surface area contributed by atoms with Gasteiger partial charge >= 0.3 is 0 Å². The maximum absolute atomic E-state index is 8.88. The Balaban J connectivity index is 1.98. The Morgan fingerprint density at radius 2 is 2.22 bits per heavy atom. The molecule has 2 rings (SSSR count). The minimum absolute atomic E-state index is 0.684. The van der Waals surface area contributed by atoms with Crippen LogP contribution in [0.5, 0.6) is 0 Å². The maximum atomic E-state index is 8.88. The van der Waals surface area contributed by atoms with E-state index in [0.717, 1.165) is 24.2 Å². The number of hydrogen-bond acceptors (Lipinski definition) is 3. The van der Waals surface area contributed by atoms with Gasteiger partial charge in [0.25, 0.3) is 0 Å². The first-order valence-electron chi connectivity index (χ1n) is 5.92. The van der Waals surface area contributed by atoms with Crippen molar-refractivity contribution in [2.75, 3.05) is 11.9 Å². The lowest BCUT2D eigenvalue weighted by Crippen LogP contribution is -2.09. The van der Waals surface area contributed by atoms with Gasteiger partial charge in [-0.05, 0) is 30.7 Å². The third-order valence-electron chi connectivity index (χ3n) is 2.99. The molecule has 4 nitrogen and oxygen atoms in total. The summed E-state index contributed by atoms with van der Waals surface area (Å²) in [4.78, 5) is 0. The Morgan fingerprint density at radius 1 is 1.39 bits per heavy atom. The second-order valence-electron chi connectivity index (χ2n) is 4.26. The Bertz CT molecular complexity index is 578. The Labute approximate surface area is 107 Å². The summed E-state index contributed by atoms with van der Waals surface area (Å²) in [6, 6.07) is 9.85. The van der Waals surface area contributed by atoms with E-state index in [1.54, 1.807) is 6.20 Å². The molecule has 0 spiro atoms. The van der Waals surface area contributed by atoms with Gasteiger partial charge in [-0.1, -0.05) is 6.07 Å². The van der Waals surface area contributed by atoms with Crippen LogP contribution in [0, 0.1) is 18.3 Å². The first-order chi connectivity index (χ1) is 8.70. The average Bonchev–Trinajstić information content (AvgIpc) is 2.77. The van der Waals surface area contributed by atoms with Crippen molar-refractivity contribution >= 4 is 5.69 Å². The van der Waals surface area contributed by atoms with Crippen molar-refractivity contribution < 1.29 is 0 Å². The quantitative estimate of drug-likeness (QED) is 0.891. The Kier molecular flexibility index (Phi) is 3.63. The van der Waals surface area contributed by atoms with Crippen LogP contribution in [0.1, 0.15) is 16.8 Å². The van der Waals surface area contributed by atoms with Crippen molar-refractivity contribution in [1.82, 2.24) is 9.78 Å². The van der Waals surface area contributed by atoms with Gasteiger partial charge in [0, 0.05) is 37.6 Å². The van der Waals surface area contributed by atoms with Crippen LogP contribution in [-0.4, -0.2) is 16.3 Å². The van der Waals surface area contributed by atoms with Gasteiger partial charge in [0.15, 0.2) is 0 Å². The van der Waals surface area contributed by atoms with E-state index in [9.17, 15) is 0 Å². The number of anilines is 1. The van der Waals surface area contributed by atoms with Gasteiger partial charge in [-0.25, -0.2) is 0 Å². The summed E-state index contributed by atoms with van der Waals surface area (Å²) in [6.07, 6.45) is 2.71. The predicted octanol–water partition coefficient (Wildman–Crippen LogP) is 2.25. The molecular weight excluding hydrogens is 224 g/mol. The summed E-state index contributed by atoms with van der Waals surface area (Å²) in [5.41, 5.74) is 4.05. The summed E-state index contributed by atoms with van der Waals surface area (Å²) >= 11 is 0. The fourth-order valence-electron chi connectivity index (χ4n) is 1.85. The minimum Gasteiger partial charge on any atom is -0.384 e.